The number of benzene rings is 1. The van der Waals surface area contributed by atoms with Crippen LogP contribution in [0.15, 0.2) is 24.3 Å². The van der Waals surface area contributed by atoms with E-state index in [1.165, 1.54) is 0 Å². The van der Waals surface area contributed by atoms with E-state index in [2.05, 4.69) is 11.5 Å². The summed E-state index contributed by atoms with van der Waals surface area (Å²) in [5, 5.41) is 0.606. The molecule has 0 unspecified atom stereocenters. The Balaban J connectivity index is 1.97. The third-order valence-electron chi connectivity index (χ3n) is 5.34. The van der Waals surface area contributed by atoms with Crippen molar-refractivity contribution < 1.29 is 9.59 Å². The smallest absolute Gasteiger partial charge is 0.251 e. The SMILES string of the molecule is CCc1c(-c2ccccc2Cl)c(C(N)=O)c(C)n1CCCN1CCCC1=O. The van der Waals surface area contributed by atoms with Crippen LogP contribution >= 0.6 is 11.6 Å². The Morgan fingerprint density at radius 2 is 2.00 bits per heavy atom. The molecular weight excluding hydrogens is 362 g/mol. The molecular formula is C21H26ClN3O2. The van der Waals surface area contributed by atoms with Crippen LogP contribution in [0.4, 0.5) is 0 Å². The van der Waals surface area contributed by atoms with Gasteiger partial charge in [-0.1, -0.05) is 36.7 Å². The number of carbonyl (C=O) groups excluding carboxylic acids is 2. The van der Waals surface area contributed by atoms with Crippen molar-refractivity contribution in [3.05, 3.63) is 46.2 Å². The van der Waals surface area contributed by atoms with Crippen molar-refractivity contribution in [3.63, 3.8) is 0 Å². The second-order valence-corrected chi connectivity index (χ2v) is 7.38. The molecule has 1 aromatic carbocycles. The standard InChI is InChI=1S/C21H26ClN3O2/c1-3-17-20(15-8-4-5-9-16(15)22)19(21(23)27)14(2)25(17)13-7-12-24-11-6-10-18(24)26/h4-5,8-9H,3,6-7,10-13H2,1-2H3,(H2,23,27). The molecule has 144 valence electrons. The summed E-state index contributed by atoms with van der Waals surface area (Å²) in [4.78, 5) is 26.0. The van der Waals surface area contributed by atoms with Crippen LogP contribution in [-0.2, 0) is 17.8 Å². The minimum atomic E-state index is -0.439. The lowest BCUT2D eigenvalue weighted by molar-refractivity contribution is -0.127. The first-order chi connectivity index (χ1) is 13.0. The van der Waals surface area contributed by atoms with Gasteiger partial charge < -0.3 is 15.2 Å². The lowest BCUT2D eigenvalue weighted by Gasteiger charge is -2.17. The second-order valence-electron chi connectivity index (χ2n) is 6.97. The number of hydrogen-bond donors (Lipinski definition) is 1. The van der Waals surface area contributed by atoms with E-state index < -0.39 is 5.91 Å². The topological polar surface area (TPSA) is 68.3 Å². The molecule has 3 rings (SSSR count). The molecule has 6 heteroatoms. The predicted octanol–water partition coefficient (Wildman–Crippen LogP) is 3.79. The van der Waals surface area contributed by atoms with E-state index in [9.17, 15) is 9.59 Å². The van der Waals surface area contributed by atoms with Crippen molar-refractivity contribution in [1.29, 1.82) is 0 Å². The lowest BCUT2D eigenvalue weighted by Crippen LogP contribution is -2.26. The fourth-order valence-electron chi connectivity index (χ4n) is 4.08. The van der Waals surface area contributed by atoms with Crippen LogP contribution in [0.5, 0.6) is 0 Å². The first kappa shape index (κ1) is 19.5. The van der Waals surface area contributed by atoms with Crippen LogP contribution in [0.3, 0.4) is 0 Å². The molecule has 2 amide bonds. The molecule has 0 bridgehead atoms. The molecule has 1 aliphatic heterocycles. The van der Waals surface area contributed by atoms with E-state index in [1.807, 2.05) is 36.1 Å². The Morgan fingerprint density at radius 1 is 1.26 bits per heavy atom. The minimum Gasteiger partial charge on any atom is -0.366 e. The highest BCUT2D eigenvalue weighted by atomic mass is 35.5. The maximum absolute atomic E-state index is 12.2. The molecule has 1 fully saturated rings. The molecule has 0 atom stereocenters. The largest absolute Gasteiger partial charge is 0.366 e. The van der Waals surface area contributed by atoms with Gasteiger partial charge in [0.05, 0.1) is 5.56 Å². The summed E-state index contributed by atoms with van der Waals surface area (Å²) in [5.74, 6) is -0.199. The van der Waals surface area contributed by atoms with Crippen molar-refractivity contribution in [1.82, 2.24) is 9.47 Å². The molecule has 0 saturated carbocycles. The normalized spacial score (nSPS) is 14.2. The lowest BCUT2D eigenvalue weighted by atomic mass is 9.99. The van der Waals surface area contributed by atoms with Gasteiger partial charge in [0.2, 0.25) is 5.91 Å². The number of hydrogen-bond acceptors (Lipinski definition) is 2. The molecule has 1 aromatic heterocycles. The maximum Gasteiger partial charge on any atom is 0.251 e. The average molecular weight is 388 g/mol. The molecule has 0 aliphatic carbocycles. The third kappa shape index (κ3) is 3.74. The first-order valence-corrected chi connectivity index (χ1v) is 9.87. The molecule has 1 aliphatic rings. The summed E-state index contributed by atoms with van der Waals surface area (Å²) in [7, 11) is 0. The fraction of sp³-hybridized carbons (Fsp3) is 0.429. The number of carbonyl (C=O) groups is 2. The molecule has 27 heavy (non-hydrogen) atoms. The van der Waals surface area contributed by atoms with Crippen LogP contribution < -0.4 is 5.73 Å². The minimum absolute atomic E-state index is 0.240. The maximum atomic E-state index is 12.2. The number of nitrogens with two attached hydrogens (primary N) is 1. The van der Waals surface area contributed by atoms with Gasteiger partial charge in [-0.05, 0) is 32.3 Å². The van der Waals surface area contributed by atoms with Gasteiger partial charge in [0.25, 0.3) is 5.91 Å². The van der Waals surface area contributed by atoms with E-state index in [-0.39, 0.29) is 5.91 Å². The van der Waals surface area contributed by atoms with E-state index in [0.717, 1.165) is 61.4 Å². The number of primary amides is 1. The number of nitrogens with zero attached hydrogens (tertiary/aromatic N) is 2. The number of likely N-dealkylation sites (tertiary alicyclic amines) is 1. The molecule has 5 nitrogen and oxygen atoms in total. The van der Waals surface area contributed by atoms with Gasteiger partial charge in [-0.15, -0.1) is 0 Å². The summed E-state index contributed by atoms with van der Waals surface area (Å²) in [6.45, 7) is 6.33. The monoisotopic (exact) mass is 387 g/mol. The average Bonchev–Trinajstić information content (AvgIpc) is 3.16. The van der Waals surface area contributed by atoms with Crippen molar-refractivity contribution in [2.45, 2.75) is 46.1 Å². The van der Waals surface area contributed by atoms with Gasteiger partial charge in [-0.3, -0.25) is 9.59 Å². The van der Waals surface area contributed by atoms with Gasteiger partial charge in [0.15, 0.2) is 0 Å². The Morgan fingerprint density at radius 3 is 2.59 bits per heavy atom. The van der Waals surface area contributed by atoms with Crippen molar-refractivity contribution in [2.75, 3.05) is 13.1 Å². The van der Waals surface area contributed by atoms with E-state index in [4.69, 9.17) is 17.3 Å². The zero-order chi connectivity index (χ0) is 19.6. The van der Waals surface area contributed by atoms with Gasteiger partial charge in [0, 0.05) is 53.6 Å². The van der Waals surface area contributed by atoms with Gasteiger partial charge in [-0.25, -0.2) is 0 Å². The summed E-state index contributed by atoms with van der Waals surface area (Å²) in [6, 6.07) is 7.54. The highest BCUT2D eigenvalue weighted by Crippen LogP contribution is 2.37. The molecule has 1 saturated heterocycles. The highest BCUT2D eigenvalue weighted by molar-refractivity contribution is 6.33. The summed E-state index contributed by atoms with van der Waals surface area (Å²) in [6.07, 6.45) is 3.21. The second kappa shape index (κ2) is 8.17. The summed E-state index contributed by atoms with van der Waals surface area (Å²) >= 11 is 6.43. The third-order valence-corrected chi connectivity index (χ3v) is 5.67. The van der Waals surface area contributed by atoms with Crippen LogP contribution in [0, 0.1) is 6.92 Å². The van der Waals surface area contributed by atoms with Crippen LogP contribution in [0.25, 0.3) is 11.1 Å². The molecule has 2 aromatic rings. The first-order valence-electron chi connectivity index (χ1n) is 9.50. The molecule has 0 radical (unpaired) electrons. The Kier molecular flexibility index (Phi) is 5.90. The van der Waals surface area contributed by atoms with Gasteiger partial charge in [0.1, 0.15) is 0 Å². The van der Waals surface area contributed by atoms with E-state index in [1.54, 1.807) is 0 Å². The number of amides is 2. The van der Waals surface area contributed by atoms with Crippen LogP contribution in [0.1, 0.15) is 47.9 Å². The Bertz CT molecular complexity index is 873. The highest BCUT2D eigenvalue weighted by Gasteiger charge is 2.25. The quantitative estimate of drug-likeness (QED) is 0.785. The predicted molar refractivity (Wildman–Crippen MR) is 108 cm³/mol. The van der Waals surface area contributed by atoms with Gasteiger partial charge in [-0.2, -0.15) is 0 Å². The Hall–Kier alpha value is -2.27. The molecule has 2 N–H and O–H groups in total. The zero-order valence-electron chi connectivity index (χ0n) is 15.9. The molecule has 2 heterocycles. The zero-order valence-corrected chi connectivity index (χ0v) is 16.7. The number of aromatic nitrogens is 1. The van der Waals surface area contributed by atoms with Crippen molar-refractivity contribution >= 4 is 23.4 Å². The van der Waals surface area contributed by atoms with Crippen molar-refractivity contribution in [3.8, 4) is 11.1 Å². The van der Waals surface area contributed by atoms with Crippen LogP contribution in [-0.4, -0.2) is 34.4 Å². The number of rotatable bonds is 7. The molecule has 0 spiro atoms. The fourth-order valence-corrected chi connectivity index (χ4v) is 4.31. The number of halogens is 1. The van der Waals surface area contributed by atoms with Crippen LogP contribution in [0.2, 0.25) is 5.02 Å². The van der Waals surface area contributed by atoms with Crippen molar-refractivity contribution in [2.24, 2.45) is 5.73 Å². The Labute approximate surface area is 165 Å². The summed E-state index contributed by atoms with van der Waals surface area (Å²) in [5.41, 5.74) is 9.87. The van der Waals surface area contributed by atoms with E-state index >= 15 is 0 Å². The van der Waals surface area contributed by atoms with E-state index in [0.29, 0.717) is 17.0 Å². The van der Waals surface area contributed by atoms with Gasteiger partial charge >= 0.3 is 0 Å². The summed E-state index contributed by atoms with van der Waals surface area (Å²) < 4.78 is 2.17.